The summed E-state index contributed by atoms with van der Waals surface area (Å²) in [6, 6.07) is 33.4. The van der Waals surface area contributed by atoms with E-state index in [9.17, 15) is 20.1 Å². The molecular formula is C48H40N12O4. The lowest BCUT2D eigenvalue weighted by Gasteiger charge is -2.30. The number of aromatic amines is 2. The van der Waals surface area contributed by atoms with E-state index in [2.05, 4.69) is 52.0 Å². The normalized spacial score (nSPS) is 16.0. The molecule has 0 radical (unpaired) electrons. The first-order valence-corrected chi connectivity index (χ1v) is 20.9. The van der Waals surface area contributed by atoms with E-state index in [1.807, 2.05) is 58.3 Å². The van der Waals surface area contributed by atoms with E-state index < -0.39 is 0 Å². The van der Waals surface area contributed by atoms with Crippen molar-refractivity contribution in [3.05, 3.63) is 145 Å². The van der Waals surface area contributed by atoms with E-state index in [-0.39, 0.29) is 23.4 Å². The van der Waals surface area contributed by atoms with Crippen molar-refractivity contribution in [3.8, 4) is 35.4 Å². The number of nitrogens with zero attached hydrogens (tertiary/aromatic N) is 10. The molecule has 16 heteroatoms. The highest BCUT2D eigenvalue weighted by Crippen LogP contribution is 2.33. The Labute approximate surface area is 367 Å². The lowest BCUT2D eigenvalue weighted by atomic mass is 10.00. The molecule has 0 bridgehead atoms. The fourth-order valence-corrected chi connectivity index (χ4v) is 7.73. The topological polar surface area (TPSA) is 216 Å². The predicted octanol–water partition coefficient (Wildman–Crippen LogP) is 8.23. The van der Waals surface area contributed by atoms with Crippen molar-refractivity contribution in [1.29, 1.82) is 10.5 Å². The van der Waals surface area contributed by atoms with Gasteiger partial charge >= 0.3 is 0 Å². The maximum absolute atomic E-state index is 12.8. The second-order valence-electron chi connectivity index (χ2n) is 15.3. The van der Waals surface area contributed by atoms with E-state index in [4.69, 9.17) is 9.47 Å². The number of nitriles is 2. The number of hydrogen-bond acceptors (Lipinski definition) is 14. The monoisotopic (exact) mass is 848 g/mol. The van der Waals surface area contributed by atoms with E-state index in [1.54, 1.807) is 73.3 Å². The van der Waals surface area contributed by atoms with Gasteiger partial charge in [-0.1, -0.05) is 24.3 Å². The van der Waals surface area contributed by atoms with E-state index in [0.29, 0.717) is 70.8 Å². The quantitative estimate of drug-likeness (QED) is 0.124. The molecule has 64 heavy (non-hydrogen) atoms. The maximum atomic E-state index is 12.8. The van der Waals surface area contributed by atoms with Crippen molar-refractivity contribution in [3.63, 3.8) is 0 Å². The standard InChI is InChI=1S/2C24H20N6O2/c2*25-14-16-4-3-13-30(15-16)23-24(27-12-11-26-23)32-18-9-7-17(8-10-18)21(31)22-28-19-5-1-2-6-20(19)29-22/h2*1-2,5-12,16H,3-4,13,15H2,(H,28,29)/t2*16-/m10/s1. The molecule has 2 aliphatic rings. The number of ketones is 2. The number of carbonyl (C=O) groups is 2. The summed E-state index contributed by atoms with van der Waals surface area (Å²) in [7, 11) is 0. The number of rotatable bonds is 10. The van der Waals surface area contributed by atoms with Gasteiger partial charge in [-0.3, -0.25) is 9.59 Å². The molecule has 16 nitrogen and oxygen atoms in total. The third kappa shape index (κ3) is 9.07. The first-order valence-electron chi connectivity index (χ1n) is 20.9. The molecule has 0 unspecified atom stereocenters. The second-order valence-corrected chi connectivity index (χ2v) is 15.3. The van der Waals surface area contributed by atoms with Crippen molar-refractivity contribution in [2.24, 2.45) is 11.8 Å². The molecule has 8 aromatic rings. The largest absolute Gasteiger partial charge is 0.436 e. The van der Waals surface area contributed by atoms with Crippen molar-refractivity contribution in [1.82, 2.24) is 39.9 Å². The highest BCUT2D eigenvalue weighted by atomic mass is 16.5. The molecule has 0 aliphatic carbocycles. The number of imidazole rings is 2. The third-order valence-corrected chi connectivity index (χ3v) is 11.0. The van der Waals surface area contributed by atoms with Gasteiger partial charge in [-0.05, 0) is 98.5 Å². The van der Waals surface area contributed by atoms with Crippen molar-refractivity contribution in [2.45, 2.75) is 25.7 Å². The Morgan fingerprint density at radius 2 is 0.969 bits per heavy atom. The minimum absolute atomic E-state index is 0.0258. The molecule has 316 valence electrons. The minimum atomic E-state index is -0.191. The molecule has 10 rings (SSSR count). The Kier molecular flexibility index (Phi) is 11.9. The van der Waals surface area contributed by atoms with Gasteiger partial charge in [-0.2, -0.15) is 10.5 Å². The number of ether oxygens (including phenoxy) is 2. The number of hydrogen-bond donors (Lipinski definition) is 2. The number of benzene rings is 4. The van der Waals surface area contributed by atoms with Crippen LogP contribution in [0.3, 0.4) is 0 Å². The Bertz CT molecular complexity index is 2760. The highest BCUT2D eigenvalue weighted by Gasteiger charge is 2.26. The van der Waals surface area contributed by atoms with Gasteiger partial charge in [-0.15, -0.1) is 0 Å². The van der Waals surface area contributed by atoms with Crippen molar-refractivity contribution < 1.29 is 19.1 Å². The predicted molar refractivity (Wildman–Crippen MR) is 237 cm³/mol. The Hall–Kier alpha value is -8.50. The van der Waals surface area contributed by atoms with Crippen LogP contribution in [0, 0.1) is 34.5 Å². The van der Waals surface area contributed by atoms with Gasteiger partial charge < -0.3 is 29.2 Å². The molecule has 4 aromatic carbocycles. The van der Waals surface area contributed by atoms with Crippen molar-refractivity contribution in [2.75, 3.05) is 36.0 Å². The van der Waals surface area contributed by atoms with E-state index >= 15 is 0 Å². The summed E-state index contributed by atoms with van der Waals surface area (Å²) in [5.74, 6) is 3.25. The molecule has 2 saturated heterocycles. The molecule has 6 heterocycles. The number of fused-ring (bicyclic) bond motifs is 2. The van der Waals surface area contributed by atoms with Crippen LogP contribution in [0.15, 0.2) is 122 Å². The number of anilines is 2. The summed E-state index contributed by atoms with van der Waals surface area (Å²) in [5, 5.41) is 18.6. The molecular weight excluding hydrogens is 809 g/mol. The number of H-pyrrole nitrogens is 2. The van der Waals surface area contributed by atoms with Crippen LogP contribution < -0.4 is 19.3 Å². The summed E-state index contributed by atoms with van der Waals surface area (Å²) in [6.07, 6.45) is 10.0. The first kappa shape index (κ1) is 40.9. The maximum Gasteiger partial charge on any atom is 0.263 e. The zero-order chi connectivity index (χ0) is 43.8. The average Bonchev–Trinajstić information content (AvgIpc) is 4.00. The highest BCUT2D eigenvalue weighted by molar-refractivity contribution is 6.08. The number of piperidine rings is 2. The van der Waals surface area contributed by atoms with Crippen LogP contribution in [-0.2, 0) is 0 Å². The van der Waals surface area contributed by atoms with Gasteiger partial charge in [0.2, 0.25) is 11.6 Å². The lowest BCUT2D eigenvalue weighted by Crippen LogP contribution is -2.35. The van der Waals surface area contributed by atoms with Gasteiger partial charge in [0, 0.05) is 62.1 Å². The summed E-state index contributed by atoms with van der Waals surface area (Å²) in [6.45, 7) is 2.82. The molecule has 0 saturated carbocycles. The number of aromatic nitrogens is 8. The average molecular weight is 849 g/mol. The molecule has 2 atom stereocenters. The molecule has 2 aliphatic heterocycles. The van der Waals surface area contributed by atoms with E-state index in [1.165, 1.54) is 0 Å². The Morgan fingerprint density at radius 3 is 1.38 bits per heavy atom. The van der Waals surface area contributed by atoms with Crippen LogP contribution in [0.25, 0.3) is 22.1 Å². The molecule has 0 amide bonds. The van der Waals surface area contributed by atoms with E-state index in [0.717, 1.165) is 60.8 Å². The van der Waals surface area contributed by atoms with Gasteiger partial charge in [-0.25, -0.2) is 29.9 Å². The van der Waals surface area contributed by atoms with Crippen molar-refractivity contribution >= 4 is 45.3 Å². The van der Waals surface area contributed by atoms with Crippen LogP contribution in [0.4, 0.5) is 11.6 Å². The van der Waals surface area contributed by atoms with Crippen LogP contribution in [0.5, 0.6) is 23.3 Å². The summed E-state index contributed by atoms with van der Waals surface area (Å²) in [4.78, 5) is 62.1. The zero-order valence-corrected chi connectivity index (χ0v) is 34.5. The minimum Gasteiger partial charge on any atom is -0.436 e. The Balaban J connectivity index is 0.000000162. The SMILES string of the molecule is N#C[C@@H]1CCCN(c2nccnc2Oc2ccc(C(=O)c3nc4ccccc4[nH]3)cc2)C1.N#C[C@H]1CCCN(c2nccnc2Oc2ccc(C(=O)c3nc4ccccc4[nH]3)cc2)C1. The molecule has 2 N–H and O–H groups in total. The second kappa shape index (κ2) is 18.6. The number of nitrogens with one attached hydrogen (secondary N) is 2. The first-order chi connectivity index (χ1) is 31.4. The van der Waals surface area contributed by atoms with Gasteiger partial charge in [0.05, 0.1) is 46.0 Å². The molecule has 4 aromatic heterocycles. The zero-order valence-electron chi connectivity index (χ0n) is 34.5. The fraction of sp³-hybridized carbons (Fsp3) is 0.208. The van der Waals surface area contributed by atoms with Gasteiger partial charge in [0.15, 0.2) is 23.3 Å². The number of carbonyl (C=O) groups excluding carboxylic acids is 2. The third-order valence-electron chi connectivity index (χ3n) is 11.0. The van der Waals surface area contributed by atoms with Crippen LogP contribution in [0.1, 0.15) is 58.0 Å². The Morgan fingerprint density at radius 1 is 0.562 bits per heavy atom. The van der Waals surface area contributed by atoms with Gasteiger partial charge in [0.25, 0.3) is 11.8 Å². The number of para-hydroxylation sites is 4. The summed E-state index contributed by atoms with van der Waals surface area (Å²) < 4.78 is 12.0. The summed E-state index contributed by atoms with van der Waals surface area (Å²) in [5.41, 5.74) is 4.15. The van der Waals surface area contributed by atoms with Crippen LogP contribution >= 0.6 is 0 Å². The van der Waals surface area contributed by atoms with Crippen LogP contribution in [0.2, 0.25) is 0 Å². The lowest BCUT2D eigenvalue weighted by molar-refractivity contribution is 0.102. The van der Waals surface area contributed by atoms with Crippen LogP contribution in [-0.4, -0.2) is 77.6 Å². The van der Waals surface area contributed by atoms with Gasteiger partial charge in [0.1, 0.15) is 11.5 Å². The molecule has 0 spiro atoms. The smallest absolute Gasteiger partial charge is 0.263 e. The molecule has 2 fully saturated rings. The fourth-order valence-electron chi connectivity index (χ4n) is 7.73. The summed E-state index contributed by atoms with van der Waals surface area (Å²) >= 11 is 0.